The molecule has 0 spiro atoms. The van der Waals surface area contributed by atoms with Crippen molar-refractivity contribution in [1.82, 2.24) is 9.97 Å². The van der Waals surface area contributed by atoms with E-state index in [0.717, 1.165) is 22.3 Å². The highest BCUT2D eigenvalue weighted by Gasteiger charge is 2.33. The molecule has 4 aromatic carbocycles. The van der Waals surface area contributed by atoms with E-state index < -0.39 is 20.0 Å². The molecule has 15 heteroatoms. The lowest BCUT2D eigenvalue weighted by atomic mass is 10.2. The van der Waals surface area contributed by atoms with Crippen LogP contribution in [0, 0.1) is 13.8 Å². The van der Waals surface area contributed by atoms with E-state index in [1.165, 1.54) is 8.61 Å². The summed E-state index contributed by atoms with van der Waals surface area (Å²) in [6.45, 7) is 5.22. The molecule has 0 saturated heterocycles. The number of aliphatic hydroxyl groups excluding tert-OH is 1. The second-order valence-corrected chi connectivity index (χ2v) is 17.4. The first-order valence-corrected chi connectivity index (χ1v) is 21.6. The molecule has 0 aliphatic carbocycles. The molecule has 0 bridgehead atoms. The van der Waals surface area contributed by atoms with Crippen LogP contribution in [0.3, 0.4) is 0 Å². The maximum Gasteiger partial charge on any atom is 0.265 e. The summed E-state index contributed by atoms with van der Waals surface area (Å²) >= 11 is 3.26. The van der Waals surface area contributed by atoms with Gasteiger partial charge in [-0.1, -0.05) is 84.9 Å². The Balaban J connectivity index is 0.000000166. The number of fused-ring (bicyclic) bond motifs is 2. The van der Waals surface area contributed by atoms with Crippen LogP contribution in [-0.2, 0) is 33.3 Å². The highest BCUT2D eigenvalue weighted by molar-refractivity contribution is 9.10. The van der Waals surface area contributed by atoms with Crippen molar-refractivity contribution in [1.29, 1.82) is 0 Å². The number of anilines is 2. The van der Waals surface area contributed by atoms with E-state index >= 15 is 0 Å². The van der Waals surface area contributed by atoms with Crippen molar-refractivity contribution in [2.45, 2.75) is 36.9 Å². The van der Waals surface area contributed by atoms with Gasteiger partial charge < -0.3 is 19.3 Å². The van der Waals surface area contributed by atoms with Gasteiger partial charge in [0.2, 0.25) is 5.88 Å². The minimum Gasteiger partial charge on any atom is -0.488 e. The predicted octanol–water partition coefficient (Wildman–Crippen LogP) is 7.48. The van der Waals surface area contributed by atoms with Gasteiger partial charge in [-0.3, -0.25) is 0 Å². The summed E-state index contributed by atoms with van der Waals surface area (Å²) in [6, 6.07) is 39.7. The molecule has 2 aliphatic rings. The number of sulfonamides is 2. The molecule has 0 unspecified atom stereocenters. The van der Waals surface area contributed by atoms with Crippen molar-refractivity contribution in [2.75, 3.05) is 34.9 Å². The van der Waals surface area contributed by atoms with Crippen LogP contribution in [0.1, 0.15) is 22.3 Å². The molecule has 12 nitrogen and oxygen atoms in total. The highest BCUT2D eigenvalue weighted by Crippen LogP contribution is 2.36. The van der Waals surface area contributed by atoms with Gasteiger partial charge in [-0.2, -0.15) is 4.98 Å². The number of aryl methyl sites for hydroxylation is 2. The van der Waals surface area contributed by atoms with Crippen molar-refractivity contribution in [3.8, 4) is 17.4 Å². The number of aliphatic hydroxyl groups is 1. The Bertz CT molecular complexity index is 2510. The van der Waals surface area contributed by atoms with E-state index in [1.54, 1.807) is 60.7 Å². The van der Waals surface area contributed by atoms with Crippen LogP contribution in [0.2, 0.25) is 0 Å². The van der Waals surface area contributed by atoms with Crippen LogP contribution in [0.4, 0.5) is 11.6 Å². The molecule has 1 N–H and O–H groups in total. The molecular formula is C42H41BrN4O8S2. The van der Waals surface area contributed by atoms with Crippen LogP contribution in [0.15, 0.2) is 148 Å². The van der Waals surface area contributed by atoms with E-state index in [1.807, 2.05) is 86.6 Å². The molecule has 0 atom stereocenters. The van der Waals surface area contributed by atoms with Crippen molar-refractivity contribution in [2.24, 2.45) is 0 Å². The Morgan fingerprint density at radius 2 is 1.12 bits per heavy atom. The SMILES string of the molecule is Cc1cccc(S(=O)(=O)N2CCOc3ccc(Br)nc32)c1.Cc1cccc(S(=O)(=O)N2CCOc3ccc(OCc4ccccc4)nc32)c1.OCc1ccccc1. The number of hydrogen-bond donors (Lipinski definition) is 1. The third kappa shape index (κ3) is 10.3. The lowest BCUT2D eigenvalue weighted by molar-refractivity contribution is 0.282. The van der Waals surface area contributed by atoms with Gasteiger partial charge in [0.05, 0.1) is 29.5 Å². The third-order valence-electron chi connectivity index (χ3n) is 8.61. The van der Waals surface area contributed by atoms with Gasteiger partial charge in [-0.15, -0.1) is 0 Å². The Kier molecular flexibility index (Phi) is 13.5. The lowest BCUT2D eigenvalue weighted by Gasteiger charge is -2.29. The molecule has 6 aromatic rings. The zero-order chi connectivity index (χ0) is 40.4. The Hall–Kier alpha value is -5.48. The summed E-state index contributed by atoms with van der Waals surface area (Å²) < 4.78 is 72.0. The fourth-order valence-corrected chi connectivity index (χ4v) is 9.10. The van der Waals surface area contributed by atoms with Gasteiger partial charge in [0, 0.05) is 6.07 Å². The standard InChI is InChI=1S/C21H20N2O4S.C14H13BrN2O3S.C7H8O/c1-16-6-5-9-18(14-16)28(24,25)23-12-13-26-19-10-11-20(22-21(19)23)27-15-17-7-3-2-4-8-17;1-10-3-2-4-11(9-10)21(18,19)17-7-8-20-12-5-6-13(15)16-14(12)17;8-6-7-4-2-1-3-5-7/h2-11,14H,12-13,15H2,1H3;2-6,9H,7-8H2,1H3;1-5,8H,6H2. The third-order valence-corrected chi connectivity index (χ3v) is 12.6. The van der Waals surface area contributed by atoms with Gasteiger partial charge in [-0.05, 0) is 94.5 Å². The number of pyridine rings is 2. The smallest absolute Gasteiger partial charge is 0.265 e. The summed E-state index contributed by atoms with van der Waals surface area (Å²) in [6.07, 6.45) is 0. The van der Waals surface area contributed by atoms with Gasteiger partial charge in [-0.25, -0.2) is 30.4 Å². The zero-order valence-electron chi connectivity index (χ0n) is 31.2. The lowest BCUT2D eigenvalue weighted by Crippen LogP contribution is -2.38. The van der Waals surface area contributed by atoms with Gasteiger partial charge >= 0.3 is 0 Å². The van der Waals surface area contributed by atoms with Crippen molar-refractivity contribution >= 4 is 47.6 Å². The normalized spacial score (nSPS) is 13.3. The summed E-state index contributed by atoms with van der Waals surface area (Å²) in [5.41, 5.74) is 3.74. The molecule has 2 aromatic heterocycles. The quantitative estimate of drug-likeness (QED) is 0.153. The van der Waals surface area contributed by atoms with Gasteiger partial charge in [0.25, 0.3) is 20.0 Å². The Labute approximate surface area is 341 Å². The minimum atomic E-state index is -3.75. The summed E-state index contributed by atoms with van der Waals surface area (Å²) in [4.78, 5) is 9.17. The number of aromatic nitrogens is 2. The molecule has 0 saturated carbocycles. The molecule has 0 amide bonds. The Morgan fingerprint density at radius 3 is 1.61 bits per heavy atom. The van der Waals surface area contributed by atoms with E-state index in [2.05, 4.69) is 25.9 Å². The van der Waals surface area contributed by atoms with Crippen molar-refractivity contribution < 1.29 is 36.2 Å². The van der Waals surface area contributed by atoms with Crippen LogP contribution >= 0.6 is 15.9 Å². The average molecular weight is 874 g/mol. The number of nitrogens with zero attached hydrogens (tertiary/aromatic N) is 4. The van der Waals surface area contributed by atoms with E-state index in [0.29, 0.717) is 41.0 Å². The number of hydrogen-bond acceptors (Lipinski definition) is 10. The van der Waals surface area contributed by atoms with E-state index in [-0.39, 0.29) is 41.9 Å². The molecule has 0 radical (unpaired) electrons. The Morgan fingerprint density at radius 1 is 0.632 bits per heavy atom. The summed E-state index contributed by atoms with van der Waals surface area (Å²) in [7, 11) is -7.39. The van der Waals surface area contributed by atoms with E-state index in [4.69, 9.17) is 19.3 Å². The predicted molar refractivity (Wildman–Crippen MR) is 222 cm³/mol. The maximum absolute atomic E-state index is 13.2. The van der Waals surface area contributed by atoms with Crippen LogP contribution in [0.5, 0.6) is 17.4 Å². The maximum atomic E-state index is 13.2. The van der Waals surface area contributed by atoms with Gasteiger partial charge in [0.15, 0.2) is 23.1 Å². The molecular weight excluding hydrogens is 833 g/mol. The number of rotatable bonds is 8. The number of benzene rings is 4. The van der Waals surface area contributed by atoms with Crippen LogP contribution < -0.4 is 22.8 Å². The molecule has 296 valence electrons. The summed E-state index contributed by atoms with van der Waals surface area (Å²) in [5.74, 6) is 1.81. The number of ether oxygens (including phenoxy) is 3. The average Bonchev–Trinajstić information content (AvgIpc) is 3.23. The monoisotopic (exact) mass is 872 g/mol. The minimum absolute atomic E-state index is 0.140. The summed E-state index contributed by atoms with van der Waals surface area (Å²) in [5, 5.41) is 8.54. The topological polar surface area (TPSA) is 148 Å². The van der Waals surface area contributed by atoms with E-state index in [9.17, 15) is 16.8 Å². The largest absolute Gasteiger partial charge is 0.488 e. The fraction of sp³-hybridized carbons (Fsp3) is 0.190. The molecule has 8 rings (SSSR count). The van der Waals surface area contributed by atoms with Crippen molar-refractivity contribution in [3.63, 3.8) is 0 Å². The molecule has 57 heavy (non-hydrogen) atoms. The fourth-order valence-electron chi connectivity index (χ4n) is 5.77. The number of halogens is 1. The first-order valence-electron chi connectivity index (χ1n) is 17.9. The first kappa shape index (κ1) is 41.2. The molecule has 0 fully saturated rings. The van der Waals surface area contributed by atoms with Gasteiger partial charge in [0.1, 0.15) is 24.4 Å². The van der Waals surface area contributed by atoms with Crippen molar-refractivity contribution in [3.05, 3.63) is 160 Å². The molecule has 2 aliphatic heterocycles. The zero-order valence-corrected chi connectivity index (χ0v) is 34.5. The molecule has 4 heterocycles. The highest BCUT2D eigenvalue weighted by atomic mass is 79.9. The second-order valence-electron chi connectivity index (χ2n) is 12.8. The van der Waals surface area contributed by atoms with Crippen LogP contribution in [-0.4, -0.2) is 58.2 Å². The first-order chi connectivity index (χ1) is 27.4. The van der Waals surface area contributed by atoms with Crippen LogP contribution in [0.25, 0.3) is 0 Å². The second kappa shape index (κ2) is 18.6.